The van der Waals surface area contributed by atoms with Gasteiger partial charge in [-0.1, -0.05) is 12.1 Å². The normalized spacial score (nSPS) is 24.0. The van der Waals surface area contributed by atoms with Crippen molar-refractivity contribution in [2.75, 3.05) is 30.4 Å². The van der Waals surface area contributed by atoms with Crippen molar-refractivity contribution in [2.45, 2.75) is 44.6 Å². The number of anilines is 2. The molecule has 2 aliphatic rings. The van der Waals surface area contributed by atoms with E-state index in [-0.39, 0.29) is 18.2 Å². The molecule has 3 atom stereocenters. The average Bonchev–Trinajstić information content (AvgIpc) is 3.22. The third kappa shape index (κ3) is 3.99. The van der Waals surface area contributed by atoms with Crippen molar-refractivity contribution >= 4 is 11.6 Å². The molecule has 2 aromatic rings. The second-order valence-electron chi connectivity index (χ2n) is 7.41. The predicted octanol–water partition coefficient (Wildman–Crippen LogP) is 1.57. The molecule has 1 unspecified atom stereocenters. The molecular weight excluding hydrogens is 342 g/mol. The highest BCUT2D eigenvalue weighted by Crippen LogP contribution is 2.29. The van der Waals surface area contributed by atoms with Crippen LogP contribution in [0.5, 0.6) is 5.75 Å². The van der Waals surface area contributed by atoms with Crippen LogP contribution in [0.1, 0.15) is 24.5 Å². The topological polar surface area (TPSA) is 82.5 Å². The van der Waals surface area contributed by atoms with E-state index in [9.17, 15) is 5.11 Å². The van der Waals surface area contributed by atoms with Gasteiger partial charge in [0.1, 0.15) is 29.8 Å². The lowest BCUT2D eigenvalue weighted by Gasteiger charge is -2.26. The van der Waals surface area contributed by atoms with Gasteiger partial charge in [0.2, 0.25) is 0 Å². The van der Waals surface area contributed by atoms with Crippen molar-refractivity contribution in [1.82, 2.24) is 15.3 Å². The summed E-state index contributed by atoms with van der Waals surface area (Å²) in [7, 11) is 1.84. The molecule has 3 N–H and O–H groups in total. The summed E-state index contributed by atoms with van der Waals surface area (Å²) in [6.45, 7) is 4.29. The highest BCUT2D eigenvalue weighted by Gasteiger charge is 2.31. The van der Waals surface area contributed by atoms with Gasteiger partial charge in [-0.2, -0.15) is 0 Å². The smallest absolute Gasteiger partial charge is 0.134 e. The fourth-order valence-electron chi connectivity index (χ4n) is 3.98. The maximum atomic E-state index is 10.2. The number of aliphatic hydroxyl groups is 1. The lowest BCUT2D eigenvalue weighted by Crippen LogP contribution is -2.38. The number of β-amino-alcohol motifs (C(OH)–C–C–N with tert-alkyl or cyclic N) is 1. The molecular formula is C20H27N5O2. The maximum Gasteiger partial charge on any atom is 0.134 e. The molecule has 0 bridgehead atoms. The van der Waals surface area contributed by atoms with Crippen LogP contribution >= 0.6 is 0 Å². The number of rotatable bonds is 6. The van der Waals surface area contributed by atoms with Crippen LogP contribution in [0.25, 0.3) is 0 Å². The Kier molecular flexibility index (Phi) is 5.13. The van der Waals surface area contributed by atoms with Crippen LogP contribution in [0.3, 0.4) is 0 Å². The number of fused-ring (bicyclic) bond motifs is 1. The molecule has 3 heterocycles. The summed E-state index contributed by atoms with van der Waals surface area (Å²) in [6.07, 6.45) is 3.22. The van der Waals surface area contributed by atoms with Crippen molar-refractivity contribution in [1.29, 1.82) is 0 Å². The lowest BCUT2D eigenvalue weighted by molar-refractivity contribution is 0.194. The molecule has 0 saturated carbocycles. The van der Waals surface area contributed by atoms with Gasteiger partial charge >= 0.3 is 0 Å². The molecule has 0 amide bonds. The highest BCUT2D eigenvalue weighted by atomic mass is 16.5. The van der Waals surface area contributed by atoms with E-state index in [1.165, 1.54) is 11.1 Å². The minimum atomic E-state index is -0.330. The third-order valence-electron chi connectivity index (χ3n) is 5.26. The van der Waals surface area contributed by atoms with Gasteiger partial charge in [0, 0.05) is 45.2 Å². The Morgan fingerprint density at radius 3 is 3.04 bits per heavy atom. The zero-order chi connectivity index (χ0) is 18.8. The number of benzene rings is 1. The van der Waals surface area contributed by atoms with Gasteiger partial charge in [-0.15, -0.1) is 0 Å². The average molecular weight is 369 g/mol. The molecule has 27 heavy (non-hydrogen) atoms. The summed E-state index contributed by atoms with van der Waals surface area (Å²) >= 11 is 0. The van der Waals surface area contributed by atoms with E-state index in [4.69, 9.17) is 4.74 Å². The van der Waals surface area contributed by atoms with E-state index < -0.39 is 0 Å². The molecule has 1 aromatic carbocycles. The SMILES string of the molecule is CNc1cc(N2C[C@H](O)C[C@@H]2CNCc2ccc3c(c2)CC(C)O3)ncn1. The van der Waals surface area contributed by atoms with Gasteiger partial charge in [-0.3, -0.25) is 0 Å². The van der Waals surface area contributed by atoms with Gasteiger partial charge in [0.05, 0.1) is 6.10 Å². The van der Waals surface area contributed by atoms with Gasteiger partial charge in [-0.25, -0.2) is 9.97 Å². The van der Waals surface area contributed by atoms with Crippen LogP contribution in [0.2, 0.25) is 0 Å². The molecule has 1 saturated heterocycles. The van der Waals surface area contributed by atoms with Crippen molar-refractivity contribution in [2.24, 2.45) is 0 Å². The van der Waals surface area contributed by atoms with Crippen LogP contribution < -0.4 is 20.3 Å². The van der Waals surface area contributed by atoms with Crippen molar-refractivity contribution in [3.63, 3.8) is 0 Å². The maximum absolute atomic E-state index is 10.2. The zero-order valence-electron chi connectivity index (χ0n) is 15.9. The van der Waals surface area contributed by atoms with Crippen molar-refractivity contribution in [3.8, 4) is 5.75 Å². The van der Waals surface area contributed by atoms with Crippen molar-refractivity contribution in [3.05, 3.63) is 41.7 Å². The van der Waals surface area contributed by atoms with Crippen LogP contribution in [0.15, 0.2) is 30.6 Å². The third-order valence-corrected chi connectivity index (χ3v) is 5.26. The Morgan fingerprint density at radius 1 is 1.30 bits per heavy atom. The Balaban J connectivity index is 1.37. The monoisotopic (exact) mass is 369 g/mol. The van der Waals surface area contributed by atoms with Gasteiger partial charge in [0.25, 0.3) is 0 Å². The number of aromatic nitrogens is 2. The minimum Gasteiger partial charge on any atom is -0.490 e. The largest absolute Gasteiger partial charge is 0.490 e. The Morgan fingerprint density at radius 2 is 2.19 bits per heavy atom. The van der Waals surface area contributed by atoms with Crippen molar-refractivity contribution < 1.29 is 9.84 Å². The van der Waals surface area contributed by atoms with Crippen LogP contribution in [-0.2, 0) is 13.0 Å². The Hall–Kier alpha value is -2.38. The molecule has 144 valence electrons. The number of aliphatic hydroxyl groups excluding tert-OH is 1. The van der Waals surface area contributed by atoms with E-state index in [1.807, 2.05) is 13.1 Å². The summed E-state index contributed by atoms with van der Waals surface area (Å²) in [5.74, 6) is 2.64. The molecule has 1 aromatic heterocycles. The second-order valence-corrected chi connectivity index (χ2v) is 7.41. The first-order valence-electron chi connectivity index (χ1n) is 9.56. The number of nitrogens with one attached hydrogen (secondary N) is 2. The Bertz CT molecular complexity index is 800. The summed E-state index contributed by atoms with van der Waals surface area (Å²) in [5, 5.41) is 16.7. The summed E-state index contributed by atoms with van der Waals surface area (Å²) < 4.78 is 5.77. The first-order chi connectivity index (χ1) is 13.1. The number of hydrogen-bond acceptors (Lipinski definition) is 7. The van der Waals surface area contributed by atoms with Crippen LogP contribution in [0.4, 0.5) is 11.6 Å². The molecule has 0 spiro atoms. The highest BCUT2D eigenvalue weighted by molar-refractivity contribution is 5.50. The quantitative estimate of drug-likeness (QED) is 0.713. The van der Waals surface area contributed by atoms with E-state index in [1.54, 1.807) is 6.33 Å². The minimum absolute atomic E-state index is 0.206. The fourth-order valence-corrected chi connectivity index (χ4v) is 3.98. The Labute approximate surface area is 159 Å². The summed E-state index contributed by atoms with van der Waals surface area (Å²) in [4.78, 5) is 10.7. The van der Waals surface area contributed by atoms with E-state index in [0.717, 1.165) is 43.3 Å². The molecule has 7 nitrogen and oxygen atoms in total. The van der Waals surface area contributed by atoms with Gasteiger partial charge in [-0.05, 0) is 30.5 Å². The first-order valence-corrected chi connectivity index (χ1v) is 9.56. The van der Waals surface area contributed by atoms with E-state index in [2.05, 4.69) is 50.6 Å². The van der Waals surface area contributed by atoms with Crippen LogP contribution in [0, 0.1) is 0 Å². The molecule has 0 aliphatic carbocycles. The first kappa shape index (κ1) is 18.0. The predicted molar refractivity (Wildman–Crippen MR) is 105 cm³/mol. The number of nitrogens with zero attached hydrogens (tertiary/aromatic N) is 3. The summed E-state index contributed by atoms with van der Waals surface area (Å²) in [5.41, 5.74) is 2.55. The molecule has 1 fully saturated rings. The van der Waals surface area contributed by atoms with E-state index >= 15 is 0 Å². The number of hydrogen-bond donors (Lipinski definition) is 3. The zero-order valence-corrected chi connectivity index (χ0v) is 15.9. The second kappa shape index (κ2) is 7.70. The molecule has 4 rings (SSSR count). The molecule has 0 radical (unpaired) electrons. The van der Waals surface area contributed by atoms with Gasteiger partial charge < -0.3 is 25.4 Å². The standard InChI is InChI=1S/C20H27N5O2/c1-13-5-15-6-14(3-4-18(15)27-13)9-22-10-16-7-17(26)11-25(16)20-8-19(21-2)23-12-24-20/h3-4,6,8,12-13,16-17,22,26H,5,7,9-11H2,1-2H3,(H,21,23,24)/t13?,16-,17-/m1/s1. The van der Waals surface area contributed by atoms with Crippen LogP contribution in [-0.4, -0.2) is 53.5 Å². The summed E-state index contributed by atoms with van der Waals surface area (Å²) in [6, 6.07) is 8.55. The fraction of sp³-hybridized carbons (Fsp3) is 0.500. The number of ether oxygens (including phenoxy) is 1. The van der Waals surface area contributed by atoms with Gasteiger partial charge in [0.15, 0.2) is 0 Å². The molecule has 7 heteroatoms. The van der Waals surface area contributed by atoms with E-state index in [0.29, 0.717) is 6.54 Å². The lowest BCUT2D eigenvalue weighted by atomic mass is 10.1. The molecule has 2 aliphatic heterocycles.